The minimum absolute atomic E-state index is 0.164. The summed E-state index contributed by atoms with van der Waals surface area (Å²) < 4.78 is 25.3. The Bertz CT molecular complexity index is 1360. The molecule has 0 saturated carbocycles. The second-order valence-electron chi connectivity index (χ2n) is 8.26. The van der Waals surface area contributed by atoms with E-state index >= 15 is 0 Å². The van der Waals surface area contributed by atoms with Gasteiger partial charge in [0, 0.05) is 0 Å². The molecule has 1 heterocycles. The maximum atomic E-state index is 13.4. The highest BCUT2D eigenvalue weighted by Crippen LogP contribution is 2.29. The molecule has 0 radical (unpaired) electrons. The number of barbiturate groups is 1. The number of carbonyl (C=O) groups is 3. The van der Waals surface area contributed by atoms with Gasteiger partial charge in [0.2, 0.25) is 0 Å². The van der Waals surface area contributed by atoms with Crippen LogP contribution in [0.1, 0.15) is 30.9 Å². The topological polar surface area (TPSA) is 84.9 Å². The Morgan fingerprint density at radius 1 is 1.00 bits per heavy atom. The molecule has 1 saturated heterocycles. The van der Waals surface area contributed by atoms with Crippen LogP contribution in [0.3, 0.4) is 0 Å². The van der Waals surface area contributed by atoms with Crippen LogP contribution in [-0.2, 0) is 16.2 Å². The molecule has 9 heteroatoms. The molecule has 4 amide bonds. The number of carbonyl (C=O) groups excluding carboxylic acids is 3. The molecular formula is C28H24BrFN2O5. The highest BCUT2D eigenvalue weighted by molar-refractivity contribution is 9.10. The minimum Gasteiger partial charge on any atom is -0.494 e. The van der Waals surface area contributed by atoms with E-state index in [-0.39, 0.29) is 18.0 Å². The van der Waals surface area contributed by atoms with Gasteiger partial charge in [-0.05, 0) is 88.1 Å². The number of unbranched alkanes of at least 4 members (excludes halogenated alkanes) is 1. The molecule has 3 aromatic carbocycles. The molecule has 0 bridgehead atoms. The average Bonchev–Trinajstić information content (AvgIpc) is 2.87. The van der Waals surface area contributed by atoms with Gasteiger partial charge >= 0.3 is 6.03 Å². The summed E-state index contributed by atoms with van der Waals surface area (Å²) in [4.78, 5) is 39.1. The molecule has 1 aliphatic rings. The van der Waals surface area contributed by atoms with Gasteiger partial charge in [0.1, 0.15) is 29.5 Å². The molecule has 0 aliphatic carbocycles. The van der Waals surface area contributed by atoms with Crippen molar-refractivity contribution in [3.8, 4) is 11.5 Å². The van der Waals surface area contributed by atoms with Gasteiger partial charge in [-0.1, -0.05) is 31.5 Å². The summed E-state index contributed by atoms with van der Waals surface area (Å²) in [6.45, 7) is 2.80. The summed E-state index contributed by atoms with van der Waals surface area (Å²) in [6.07, 6.45) is 3.33. The Morgan fingerprint density at radius 2 is 1.78 bits per heavy atom. The standard InChI is InChI=1S/C28H24BrFN2O5/c1-2-3-13-36-22-10-8-21(9-11-22)32-27(34)23(26(33)31-28(32)35)15-18-7-12-25(24(29)16-18)37-17-19-5-4-6-20(30)14-19/h4-12,14-16H,2-3,13,17H2,1H3,(H,31,33,35)/b23-15-. The summed E-state index contributed by atoms with van der Waals surface area (Å²) in [5.74, 6) is -0.743. The predicted molar refractivity (Wildman–Crippen MR) is 141 cm³/mol. The Balaban J connectivity index is 1.50. The number of urea groups is 1. The minimum atomic E-state index is -0.825. The molecule has 4 rings (SSSR count). The fraction of sp³-hybridized carbons (Fsp3) is 0.179. The van der Waals surface area contributed by atoms with Gasteiger partial charge < -0.3 is 9.47 Å². The van der Waals surface area contributed by atoms with Crippen molar-refractivity contribution in [2.75, 3.05) is 11.5 Å². The molecule has 0 unspecified atom stereocenters. The lowest BCUT2D eigenvalue weighted by Crippen LogP contribution is -2.54. The number of ether oxygens (including phenoxy) is 2. The van der Waals surface area contributed by atoms with Gasteiger partial charge in [-0.3, -0.25) is 14.9 Å². The van der Waals surface area contributed by atoms with Crippen LogP contribution < -0.4 is 19.7 Å². The quantitative estimate of drug-likeness (QED) is 0.195. The predicted octanol–water partition coefficient (Wildman–Crippen LogP) is 6.01. The summed E-state index contributed by atoms with van der Waals surface area (Å²) in [5.41, 5.74) is 1.33. The number of rotatable bonds is 9. The second-order valence-corrected chi connectivity index (χ2v) is 9.12. The highest BCUT2D eigenvalue weighted by Gasteiger charge is 2.36. The van der Waals surface area contributed by atoms with Crippen LogP contribution in [-0.4, -0.2) is 24.5 Å². The molecule has 1 N–H and O–H groups in total. The fourth-order valence-electron chi connectivity index (χ4n) is 3.60. The van der Waals surface area contributed by atoms with Gasteiger partial charge in [0.05, 0.1) is 16.8 Å². The average molecular weight is 567 g/mol. The zero-order valence-corrected chi connectivity index (χ0v) is 21.6. The molecule has 0 aromatic heterocycles. The van der Waals surface area contributed by atoms with E-state index in [1.54, 1.807) is 54.6 Å². The molecular weight excluding hydrogens is 543 g/mol. The van der Waals surface area contributed by atoms with Crippen LogP contribution >= 0.6 is 15.9 Å². The molecule has 3 aromatic rings. The van der Waals surface area contributed by atoms with Crippen molar-refractivity contribution in [1.82, 2.24) is 5.32 Å². The number of halogens is 2. The van der Waals surface area contributed by atoms with Crippen molar-refractivity contribution in [3.05, 3.63) is 93.7 Å². The zero-order valence-electron chi connectivity index (χ0n) is 20.0. The number of benzene rings is 3. The number of hydrogen-bond donors (Lipinski definition) is 1. The van der Waals surface area contributed by atoms with E-state index in [1.165, 1.54) is 18.2 Å². The van der Waals surface area contributed by atoms with Crippen molar-refractivity contribution in [1.29, 1.82) is 0 Å². The number of nitrogens with zero attached hydrogens (tertiary/aromatic N) is 1. The normalized spacial score (nSPS) is 14.6. The number of imide groups is 2. The SMILES string of the molecule is CCCCOc1ccc(N2C(=O)NC(=O)/C(=C/c3ccc(OCc4cccc(F)c4)c(Br)c3)C2=O)cc1. The van der Waals surface area contributed by atoms with Crippen LogP contribution in [0.4, 0.5) is 14.9 Å². The lowest BCUT2D eigenvalue weighted by atomic mass is 10.1. The lowest BCUT2D eigenvalue weighted by Gasteiger charge is -2.26. The van der Waals surface area contributed by atoms with Gasteiger partial charge in [0.15, 0.2) is 0 Å². The molecule has 1 fully saturated rings. The van der Waals surface area contributed by atoms with Crippen molar-refractivity contribution in [2.45, 2.75) is 26.4 Å². The molecule has 37 heavy (non-hydrogen) atoms. The first-order valence-electron chi connectivity index (χ1n) is 11.7. The van der Waals surface area contributed by atoms with Crippen molar-refractivity contribution < 1.29 is 28.2 Å². The fourth-order valence-corrected chi connectivity index (χ4v) is 4.11. The van der Waals surface area contributed by atoms with Crippen LogP contribution in [0, 0.1) is 5.82 Å². The van der Waals surface area contributed by atoms with Gasteiger partial charge in [-0.2, -0.15) is 0 Å². The van der Waals surface area contributed by atoms with E-state index < -0.39 is 17.8 Å². The Kier molecular flexibility index (Phi) is 8.35. The zero-order chi connectivity index (χ0) is 26.4. The van der Waals surface area contributed by atoms with Crippen molar-refractivity contribution >= 4 is 45.5 Å². The van der Waals surface area contributed by atoms with Crippen molar-refractivity contribution in [2.24, 2.45) is 0 Å². The Hall–Kier alpha value is -3.98. The molecule has 0 spiro atoms. The third-order valence-corrected chi connectivity index (χ3v) is 6.13. The summed E-state index contributed by atoms with van der Waals surface area (Å²) in [7, 11) is 0. The van der Waals surface area contributed by atoms with E-state index in [4.69, 9.17) is 9.47 Å². The summed E-state index contributed by atoms with van der Waals surface area (Å²) in [6, 6.07) is 16.8. The molecule has 190 valence electrons. The summed E-state index contributed by atoms with van der Waals surface area (Å²) >= 11 is 3.43. The first-order valence-corrected chi connectivity index (χ1v) is 12.5. The molecule has 1 aliphatic heterocycles. The number of anilines is 1. The van der Waals surface area contributed by atoms with Crippen LogP contribution in [0.2, 0.25) is 0 Å². The lowest BCUT2D eigenvalue weighted by molar-refractivity contribution is -0.122. The largest absolute Gasteiger partial charge is 0.494 e. The maximum Gasteiger partial charge on any atom is 0.335 e. The van der Waals surface area contributed by atoms with Crippen LogP contribution in [0.5, 0.6) is 11.5 Å². The van der Waals surface area contributed by atoms with Gasteiger partial charge in [-0.25, -0.2) is 14.1 Å². The Morgan fingerprint density at radius 3 is 2.49 bits per heavy atom. The van der Waals surface area contributed by atoms with E-state index in [9.17, 15) is 18.8 Å². The van der Waals surface area contributed by atoms with Crippen molar-refractivity contribution in [3.63, 3.8) is 0 Å². The molecule has 0 atom stereocenters. The summed E-state index contributed by atoms with van der Waals surface area (Å²) in [5, 5.41) is 2.21. The van der Waals surface area contributed by atoms with Gasteiger partial charge in [-0.15, -0.1) is 0 Å². The third-order valence-electron chi connectivity index (χ3n) is 5.51. The van der Waals surface area contributed by atoms with Gasteiger partial charge in [0.25, 0.3) is 11.8 Å². The van der Waals surface area contributed by atoms with Crippen LogP contribution in [0.25, 0.3) is 6.08 Å². The third kappa shape index (κ3) is 6.42. The van der Waals surface area contributed by atoms with E-state index in [0.717, 1.165) is 17.7 Å². The maximum absolute atomic E-state index is 13.4. The monoisotopic (exact) mass is 566 g/mol. The second kappa shape index (κ2) is 11.8. The Labute approximate surface area is 222 Å². The molecule has 7 nitrogen and oxygen atoms in total. The van der Waals surface area contributed by atoms with Crippen LogP contribution in [0.15, 0.2) is 76.8 Å². The van der Waals surface area contributed by atoms with E-state index in [2.05, 4.69) is 28.2 Å². The van der Waals surface area contributed by atoms with E-state index in [0.29, 0.717) is 39.4 Å². The number of hydrogen-bond acceptors (Lipinski definition) is 5. The highest BCUT2D eigenvalue weighted by atomic mass is 79.9. The smallest absolute Gasteiger partial charge is 0.335 e. The number of amides is 4. The first-order chi connectivity index (χ1) is 17.9. The number of nitrogens with one attached hydrogen (secondary N) is 1. The van der Waals surface area contributed by atoms with E-state index in [1.807, 2.05) is 0 Å². The first kappa shape index (κ1) is 26.1.